The summed E-state index contributed by atoms with van der Waals surface area (Å²) in [6, 6.07) is 9.70. The number of nitrogens with one attached hydrogen (secondary N) is 2. The minimum atomic E-state index is -0.0316. The molecule has 0 fully saturated rings. The quantitative estimate of drug-likeness (QED) is 0.708. The second kappa shape index (κ2) is 6.60. The third kappa shape index (κ3) is 3.85. The summed E-state index contributed by atoms with van der Waals surface area (Å²) in [5.74, 6) is 0.699. The predicted molar refractivity (Wildman–Crippen MR) is 69.5 cm³/mol. The summed E-state index contributed by atoms with van der Waals surface area (Å²) < 4.78 is 1.69. The lowest BCUT2D eigenvalue weighted by Gasteiger charge is -2.06. The molecular weight excluding hydrogens is 244 g/mol. The van der Waals surface area contributed by atoms with E-state index in [1.807, 2.05) is 30.3 Å². The molecule has 0 aliphatic rings. The van der Waals surface area contributed by atoms with Gasteiger partial charge in [0.1, 0.15) is 0 Å². The van der Waals surface area contributed by atoms with Crippen LogP contribution in [-0.2, 0) is 11.3 Å². The number of carbonyl (C=O) groups is 1. The first-order valence-corrected chi connectivity index (χ1v) is 6.05. The van der Waals surface area contributed by atoms with Gasteiger partial charge in [0.15, 0.2) is 5.82 Å². The highest BCUT2D eigenvalue weighted by atomic mass is 16.1. The highest BCUT2D eigenvalue weighted by Gasteiger charge is 2.06. The lowest BCUT2D eigenvalue weighted by atomic mass is 10.3. The second-order valence-electron chi connectivity index (χ2n) is 4.00. The second-order valence-corrected chi connectivity index (χ2v) is 4.00. The monoisotopic (exact) mass is 260 g/mol. The topological polar surface area (TPSA) is 84.7 Å². The van der Waals surface area contributed by atoms with Crippen LogP contribution in [0.2, 0.25) is 0 Å². The molecule has 1 amide bonds. The van der Waals surface area contributed by atoms with Crippen LogP contribution in [-0.4, -0.2) is 39.2 Å². The van der Waals surface area contributed by atoms with Gasteiger partial charge in [-0.2, -0.15) is 4.68 Å². The zero-order valence-electron chi connectivity index (χ0n) is 10.7. The maximum Gasteiger partial charge on any atom is 0.216 e. The van der Waals surface area contributed by atoms with Gasteiger partial charge in [0, 0.05) is 20.0 Å². The number of para-hydroxylation sites is 1. The van der Waals surface area contributed by atoms with Crippen molar-refractivity contribution in [1.29, 1.82) is 0 Å². The molecule has 0 atom stereocenters. The van der Waals surface area contributed by atoms with E-state index in [-0.39, 0.29) is 5.91 Å². The lowest BCUT2D eigenvalue weighted by Crippen LogP contribution is -2.30. The molecule has 0 saturated carbocycles. The van der Waals surface area contributed by atoms with Crippen LogP contribution in [0.5, 0.6) is 0 Å². The Morgan fingerprint density at radius 3 is 2.79 bits per heavy atom. The minimum Gasteiger partial charge on any atom is -0.355 e. The molecule has 1 aromatic heterocycles. The Bertz CT molecular complexity index is 524. The van der Waals surface area contributed by atoms with Gasteiger partial charge in [0.05, 0.1) is 12.2 Å². The van der Waals surface area contributed by atoms with Crippen LogP contribution in [0.1, 0.15) is 12.7 Å². The summed E-state index contributed by atoms with van der Waals surface area (Å²) in [6.45, 7) is 3.29. The van der Waals surface area contributed by atoms with E-state index < -0.39 is 0 Å². The number of hydrogen-bond donors (Lipinski definition) is 2. The zero-order valence-corrected chi connectivity index (χ0v) is 10.7. The first kappa shape index (κ1) is 13.2. The Labute approximate surface area is 111 Å². The van der Waals surface area contributed by atoms with E-state index >= 15 is 0 Å². The first-order chi connectivity index (χ1) is 9.27. The first-order valence-electron chi connectivity index (χ1n) is 6.05. The molecule has 0 bridgehead atoms. The molecule has 2 rings (SSSR count). The van der Waals surface area contributed by atoms with E-state index in [0.29, 0.717) is 19.6 Å². The van der Waals surface area contributed by atoms with Crippen LogP contribution in [0.15, 0.2) is 30.3 Å². The summed E-state index contributed by atoms with van der Waals surface area (Å²) in [5.41, 5.74) is 0.922. The molecule has 1 aromatic carbocycles. The fourth-order valence-corrected chi connectivity index (χ4v) is 1.61. The molecule has 2 N–H and O–H groups in total. The molecule has 0 aliphatic carbocycles. The van der Waals surface area contributed by atoms with Gasteiger partial charge in [-0.3, -0.25) is 4.79 Å². The van der Waals surface area contributed by atoms with Crippen LogP contribution in [0.25, 0.3) is 5.69 Å². The molecule has 7 nitrogen and oxygen atoms in total. The smallest absolute Gasteiger partial charge is 0.216 e. The largest absolute Gasteiger partial charge is 0.355 e. The van der Waals surface area contributed by atoms with Crippen LogP contribution in [0.3, 0.4) is 0 Å². The fourth-order valence-electron chi connectivity index (χ4n) is 1.61. The minimum absolute atomic E-state index is 0.0316. The molecule has 7 heteroatoms. The maximum atomic E-state index is 10.7. The van der Waals surface area contributed by atoms with E-state index in [4.69, 9.17) is 0 Å². The third-order valence-electron chi connectivity index (χ3n) is 2.49. The van der Waals surface area contributed by atoms with Gasteiger partial charge in [-0.15, -0.1) is 5.10 Å². The van der Waals surface area contributed by atoms with Crippen molar-refractivity contribution in [3.8, 4) is 5.69 Å². The SMILES string of the molecule is CC(=O)NCCNCc1nnnn1-c1ccccc1. The van der Waals surface area contributed by atoms with Crippen molar-refractivity contribution in [3.63, 3.8) is 0 Å². The van der Waals surface area contributed by atoms with Gasteiger partial charge >= 0.3 is 0 Å². The molecule has 2 aromatic rings. The number of benzene rings is 1. The number of tetrazole rings is 1. The van der Waals surface area contributed by atoms with Gasteiger partial charge in [-0.25, -0.2) is 0 Å². The molecule has 100 valence electrons. The summed E-state index contributed by atoms with van der Waals surface area (Å²) in [4.78, 5) is 10.7. The summed E-state index contributed by atoms with van der Waals surface area (Å²) in [6.07, 6.45) is 0. The van der Waals surface area contributed by atoms with Crippen LogP contribution in [0, 0.1) is 0 Å². The van der Waals surface area contributed by atoms with E-state index in [1.165, 1.54) is 6.92 Å². The summed E-state index contributed by atoms with van der Waals surface area (Å²) in [7, 11) is 0. The Balaban J connectivity index is 1.88. The highest BCUT2D eigenvalue weighted by molar-refractivity contribution is 5.72. The predicted octanol–water partition coefficient (Wildman–Crippen LogP) is -0.112. The van der Waals surface area contributed by atoms with Crippen molar-refractivity contribution >= 4 is 5.91 Å². The number of aromatic nitrogens is 4. The molecule has 0 spiro atoms. The molecule has 0 saturated heterocycles. The standard InChI is InChI=1S/C12H16N6O/c1-10(19)14-8-7-13-9-12-15-16-17-18(12)11-5-3-2-4-6-11/h2-6,13H,7-9H2,1H3,(H,14,19). The van der Waals surface area contributed by atoms with Crippen LogP contribution >= 0.6 is 0 Å². The Morgan fingerprint density at radius 1 is 1.26 bits per heavy atom. The van der Waals surface area contributed by atoms with Crippen molar-refractivity contribution in [3.05, 3.63) is 36.2 Å². The number of amides is 1. The van der Waals surface area contributed by atoms with E-state index in [0.717, 1.165) is 11.5 Å². The average molecular weight is 260 g/mol. The molecule has 0 unspecified atom stereocenters. The third-order valence-corrected chi connectivity index (χ3v) is 2.49. The van der Waals surface area contributed by atoms with E-state index in [9.17, 15) is 4.79 Å². The molecule has 0 aliphatic heterocycles. The fraction of sp³-hybridized carbons (Fsp3) is 0.333. The van der Waals surface area contributed by atoms with Gasteiger partial charge in [0.25, 0.3) is 0 Å². The van der Waals surface area contributed by atoms with Gasteiger partial charge in [0.2, 0.25) is 5.91 Å². The van der Waals surface area contributed by atoms with Crippen LogP contribution in [0.4, 0.5) is 0 Å². The highest BCUT2D eigenvalue weighted by Crippen LogP contribution is 2.06. The van der Waals surface area contributed by atoms with Crippen molar-refractivity contribution in [1.82, 2.24) is 30.8 Å². The Hall–Kier alpha value is -2.28. The van der Waals surface area contributed by atoms with Crippen molar-refractivity contribution in [2.24, 2.45) is 0 Å². The van der Waals surface area contributed by atoms with Crippen molar-refractivity contribution < 1.29 is 4.79 Å². The average Bonchev–Trinajstić information content (AvgIpc) is 2.87. The Kier molecular flexibility index (Phi) is 4.57. The molecule has 0 radical (unpaired) electrons. The summed E-state index contributed by atoms with van der Waals surface area (Å²) >= 11 is 0. The number of hydrogen-bond acceptors (Lipinski definition) is 5. The van der Waals surface area contributed by atoms with Gasteiger partial charge in [-0.1, -0.05) is 18.2 Å². The normalized spacial score (nSPS) is 10.4. The Morgan fingerprint density at radius 2 is 2.05 bits per heavy atom. The zero-order chi connectivity index (χ0) is 13.5. The number of rotatable bonds is 6. The maximum absolute atomic E-state index is 10.7. The van der Waals surface area contributed by atoms with Crippen LogP contribution < -0.4 is 10.6 Å². The molecular formula is C12H16N6O. The van der Waals surface area contributed by atoms with Crippen molar-refractivity contribution in [2.45, 2.75) is 13.5 Å². The summed E-state index contributed by atoms with van der Waals surface area (Å²) in [5, 5.41) is 17.5. The lowest BCUT2D eigenvalue weighted by molar-refractivity contribution is -0.118. The van der Waals surface area contributed by atoms with Gasteiger partial charge in [-0.05, 0) is 22.6 Å². The number of carbonyl (C=O) groups excluding carboxylic acids is 1. The van der Waals surface area contributed by atoms with Gasteiger partial charge < -0.3 is 10.6 Å². The number of nitrogens with zero attached hydrogens (tertiary/aromatic N) is 4. The molecule has 19 heavy (non-hydrogen) atoms. The van der Waals surface area contributed by atoms with E-state index in [2.05, 4.69) is 26.2 Å². The molecule has 1 heterocycles. The van der Waals surface area contributed by atoms with E-state index in [1.54, 1.807) is 4.68 Å². The van der Waals surface area contributed by atoms with Crippen molar-refractivity contribution in [2.75, 3.05) is 13.1 Å².